The fraction of sp³-hybridized carbons (Fsp3) is 0.647. The van der Waals surface area contributed by atoms with Gasteiger partial charge in [-0.2, -0.15) is 0 Å². The molecule has 21 heavy (non-hydrogen) atoms. The Kier molecular flexibility index (Phi) is 5.22. The number of piperazine rings is 1. The summed E-state index contributed by atoms with van der Waals surface area (Å²) in [5.74, 6) is 0.436. The van der Waals surface area contributed by atoms with E-state index in [9.17, 15) is 9.50 Å². The number of benzene rings is 1. The number of anilines is 1. The van der Waals surface area contributed by atoms with Crippen LogP contribution in [0, 0.1) is 18.7 Å². The van der Waals surface area contributed by atoms with Gasteiger partial charge in [-0.25, -0.2) is 4.39 Å². The van der Waals surface area contributed by atoms with Gasteiger partial charge in [0, 0.05) is 44.0 Å². The van der Waals surface area contributed by atoms with Gasteiger partial charge in [-0.15, -0.1) is 0 Å². The SMILES string of the molecule is Cc1cc(N2CCN(CC(C)C)CC2)c(C(C)O)cc1F. The second-order valence-corrected chi connectivity index (χ2v) is 6.52. The molecule has 1 saturated heterocycles. The Morgan fingerprint density at radius 2 is 1.76 bits per heavy atom. The molecule has 0 aromatic heterocycles. The van der Waals surface area contributed by atoms with Crippen molar-refractivity contribution in [3.8, 4) is 0 Å². The molecule has 0 saturated carbocycles. The Hall–Kier alpha value is -1.13. The maximum atomic E-state index is 13.8. The standard InChI is InChI=1S/C17H27FN2O/c1-12(2)11-19-5-7-20(8-6-19)17-9-13(3)16(18)10-15(17)14(4)21/h9-10,12,14,21H,5-8,11H2,1-4H3. The van der Waals surface area contributed by atoms with E-state index in [1.807, 2.05) is 6.07 Å². The van der Waals surface area contributed by atoms with Gasteiger partial charge in [0.2, 0.25) is 0 Å². The third-order valence-corrected chi connectivity index (χ3v) is 4.09. The van der Waals surface area contributed by atoms with E-state index in [1.165, 1.54) is 6.07 Å². The van der Waals surface area contributed by atoms with E-state index in [0.29, 0.717) is 17.0 Å². The van der Waals surface area contributed by atoms with Crippen molar-refractivity contribution >= 4 is 5.69 Å². The summed E-state index contributed by atoms with van der Waals surface area (Å²) in [4.78, 5) is 4.74. The van der Waals surface area contributed by atoms with E-state index in [1.54, 1.807) is 13.8 Å². The molecule has 3 nitrogen and oxygen atoms in total. The van der Waals surface area contributed by atoms with Crippen molar-refractivity contribution < 1.29 is 9.50 Å². The number of halogens is 1. The first-order valence-electron chi connectivity index (χ1n) is 7.84. The summed E-state index contributed by atoms with van der Waals surface area (Å²) < 4.78 is 13.8. The van der Waals surface area contributed by atoms with Crippen LogP contribution in [-0.2, 0) is 0 Å². The highest BCUT2D eigenvalue weighted by molar-refractivity contribution is 5.57. The number of nitrogens with zero attached hydrogens (tertiary/aromatic N) is 2. The van der Waals surface area contributed by atoms with Crippen molar-refractivity contribution in [3.63, 3.8) is 0 Å². The molecule has 1 heterocycles. The van der Waals surface area contributed by atoms with Crippen molar-refractivity contribution in [2.45, 2.75) is 33.8 Å². The molecule has 1 N–H and O–H groups in total. The Bertz CT molecular complexity index is 480. The number of hydrogen-bond acceptors (Lipinski definition) is 3. The minimum atomic E-state index is -0.649. The zero-order chi connectivity index (χ0) is 15.6. The lowest BCUT2D eigenvalue weighted by Gasteiger charge is -2.38. The Morgan fingerprint density at radius 1 is 1.14 bits per heavy atom. The first kappa shape index (κ1) is 16.2. The van der Waals surface area contributed by atoms with Gasteiger partial charge in [-0.3, -0.25) is 4.90 Å². The van der Waals surface area contributed by atoms with Crippen LogP contribution in [0.3, 0.4) is 0 Å². The van der Waals surface area contributed by atoms with E-state index in [4.69, 9.17) is 0 Å². The molecule has 1 aliphatic rings. The smallest absolute Gasteiger partial charge is 0.126 e. The summed E-state index contributed by atoms with van der Waals surface area (Å²) >= 11 is 0. The van der Waals surface area contributed by atoms with Crippen LogP contribution in [0.1, 0.15) is 38.0 Å². The fourth-order valence-corrected chi connectivity index (χ4v) is 2.98. The second kappa shape index (κ2) is 6.75. The van der Waals surface area contributed by atoms with E-state index >= 15 is 0 Å². The maximum Gasteiger partial charge on any atom is 0.126 e. The highest BCUT2D eigenvalue weighted by Crippen LogP contribution is 2.30. The monoisotopic (exact) mass is 294 g/mol. The van der Waals surface area contributed by atoms with E-state index in [-0.39, 0.29) is 5.82 Å². The zero-order valence-electron chi connectivity index (χ0n) is 13.6. The molecule has 0 radical (unpaired) electrons. The molecular weight excluding hydrogens is 267 g/mol. The van der Waals surface area contributed by atoms with Crippen molar-refractivity contribution in [3.05, 3.63) is 29.1 Å². The lowest BCUT2D eigenvalue weighted by atomic mass is 10.0. The molecule has 0 aliphatic carbocycles. The van der Waals surface area contributed by atoms with Gasteiger partial charge in [-0.05, 0) is 37.5 Å². The van der Waals surface area contributed by atoms with Crippen LogP contribution < -0.4 is 4.90 Å². The Balaban J connectivity index is 2.14. The number of aliphatic hydroxyl groups is 1. The van der Waals surface area contributed by atoms with Crippen molar-refractivity contribution in [2.75, 3.05) is 37.6 Å². The van der Waals surface area contributed by atoms with Crippen LogP contribution in [0.4, 0.5) is 10.1 Å². The molecule has 0 amide bonds. The third-order valence-electron chi connectivity index (χ3n) is 4.09. The predicted octanol–water partition coefficient (Wildman–Crippen LogP) is 2.97. The summed E-state index contributed by atoms with van der Waals surface area (Å²) in [6.45, 7) is 13.0. The Labute approximate surface area is 127 Å². The molecule has 4 heteroatoms. The summed E-state index contributed by atoms with van der Waals surface area (Å²) in [5, 5.41) is 9.92. The topological polar surface area (TPSA) is 26.7 Å². The van der Waals surface area contributed by atoms with E-state index < -0.39 is 6.10 Å². The van der Waals surface area contributed by atoms with Crippen molar-refractivity contribution in [2.24, 2.45) is 5.92 Å². The quantitative estimate of drug-likeness (QED) is 0.925. The third kappa shape index (κ3) is 3.95. The normalized spacial score (nSPS) is 18.3. The van der Waals surface area contributed by atoms with Gasteiger partial charge in [0.15, 0.2) is 0 Å². The van der Waals surface area contributed by atoms with Crippen LogP contribution in [0.5, 0.6) is 0 Å². The molecule has 2 rings (SSSR count). The summed E-state index contributed by atoms with van der Waals surface area (Å²) in [6, 6.07) is 3.35. The molecule has 1 aromatic carbocycles. The van der Waals surface area contributed by atoms with Crippen LogP contribution >= 0.6 is 0 Å². The largest absolute Gasteiger partial charge is 0.389 e. The molecular formula is C17H27FN2O. The fourth-order valence-electron chi connectivity index (χ4n) is 2.98. The highest BCUT2D eigenvalue weighted by Gasteiger charge is 2.22. The van der Waals surface area contributed by atoms with Gasteiger partial charge in [0.25, 0.3) is 0 Å². The zero-order valence-corrected chi connectivity index (χ0v) is 13.6. The van der Waals surface area contributed by atoms with Gasteiger partial charge in [0.1, 0.15) is 5.82 Å². The molecule has 1 aliphatic heterocycles. The van der Waals surface area contributed by atoms with E-state index in [2.05, 4.69) is 23.6 Å². The average Bonchev–Trinajstić information content (AvgIpc) is 2.41. The van der Waals surface area contributed by atoms with Crippen LogP contribution in [0.2, 0.25) is 0 Å². The van der Waals surface area contributed by atoms with Crippen LogP contribution in [0.25, 0.3) is 0 Å². The molecule has 118 valence electrons. The average molecular weight is 294 g/mol. The molecule has 1 unspecified atom stereocenters. The maximum absolute atomic E-state index is 13.8. The molecule has 1 fully saturated rings. The van der Waals surface area contributed by atoms with Gasteiger partial charge in [-0.1, -0.05) is 13.8 Å². The minimum Gasteiger partial charge on any atom is -0.389 e. The van der Waals surface area contributed by atoms with Crippen molar-refractivity contribution in [1.82, 2.24) is 4.90 Å². The molecule has 1 atom stereocenters. The summed E-state index contributed by atoms with van der Waals surface area (Å²) in [5.41, 5.74) is 2.31. The number of hydrogen-bond donors (Lipinski definition) is 1. The van der Waals surface area contributed by atoms with Gasteiger partial charge in [0.05, 0.1) is 6.10 Å². The Morgan fingerprint density at radius 3 is 2.29 bits per heavy atom. The van der Waals surface area contributed by atoms with Crippen LogP contribution in [-0.4, -0.2) is 42.7 Å². The van der Waals surface area contributed by atoms with Gasteiger partial charge >= 0.3 is 0 Å². The first-order valence-corrected chi connectivity index (χ1v) is 7.84. The van der Waals surface area contributed by atoms with Crippen LogP contribution in [0.15, 0.2) is 12.1 Å². The molecule has 0 spiro atoms. The van der Waals surface area contributed by atoms with Crippen molar-refractivity contribution in [1.29, 1.82) is 0 Å². The minimum absolute atomic E-state index is 0.243. The molecule has 0 bridgehead atoms. The lowest BCUT2D eigenvalue weighted by Crippen LogP contribution is -2.47. The van der Waals surface area contributed by atoms with E-state index in [0.717, 1.165) is 38.4 Å². The second-order valence-electron chi connectivity index (χ2n) is 6.52. The number of aryl methyl sites for hydroxylation is 1. The highest BCUT2D eigenvalue weighted by atomic mass is 19.1. The summed E-state index contributed by atoms with van der Waals surface area (Å²) in [7, 11) is 0. The number of rotatable bonds is 4. The molecule has 1 aromatic rings. The predicted molar refractivity (Wildman–Crippen MR) is 85.3 cm³/mol. The van der Waals surface area contributed by atoms with Gasteiger partial charge < -0.3 is 10.0 Å². The number of aliphatic hydroxyl groups excluding tert-OH is 1. The first-order chi connectivity index (χ1) is 9.88. The summed E-state index contributed by atoms with van der Waals surface area (Å²) in [6.07, 6.45) is -0.649. The lowest BCUT2D eigenvalue weighted by molar-refractivity contribution is 0.198.